The highest BCUT2D eigenvalue weighted by Gasteiger charge is 2.63. The van der Waals surface area contributed by atoms with Crippen LogP contribution in [0, 0.1) is 69.0 Å². The molecule has 3 nitrogen and oxygen atoms in total. The Kier molecular flexibility index (Phi) is 6.12. The van der Waals surface area contributed by atoms with Gasteiger partial charge in [0.05, 0.1) is 12.0 Å². The predicted molar refractivity (Wildman–Crippen MR) is 149 cm³/mol. The molecule has 0 radical (unpaired) electrons. The van der Waals surface area contributed by atoms with Crippen LogP contribution in [-0.2, 0) is 4.79 Å². The third kappa shape index (κ3) is 3.71. The largest absolute Gasteiger partial charge is 0.481 e. The van der Waals surface area contributed by atoms with Gasteiger partial charge in [-0.2, -0.15) is 0 Å². The molecule has 0 aromatic heterocycles. The van der Waals surface area contributed by atoms with Gasteiger partial charge in [-0.15, -0.1) is 0 Å². The van der Waals surface area contributed by atoms with Gasteiger partial charge in [-0.3, -0.25) is 4.79 Å². The molecule has 6 rings (SSSR count). The molecule has 0 aromatic rings. The number of hydrogen-bond donors (Lipinski definition) is 2. The lowest BCUT2D eigenvalue weighted by atomic mass is 9.47. The summed E-state index contributed by atoms with van der Waals surface area (Å²) in [6.07, 6.45) is 16.5. The third-order valence-electron chi connectivity index (χ3n) is 14.6. The lowest BCUT2D eigenvalue weighted by Gasteiger charge is -2.58. The molecule has 12 atom stereocenters. The predicted octanol–water partition coefficient (Wildman–Crippen LogP) is 8.12. The molecule has 6 aliphatic rings. The zero-order chi connectivity index (χ0) is 26.5. The van der Waals surface area contributed by atoms with Crippen molar-refractivity contribution in [3.63, 3.8) is 0 Å². The van der Waals surface area contributed by atoms with Gasteiger partial charge < -0.3 is 10.2 Å². The van der Waals surface area contributed by atoms with E-state index in [9.17, 15) is 15.0 Å². The minimum absolute atomic E-state index is 0.133. The first kappa shape index (κ1) is 26.4. The molecule has 0 heterocycles. The Bertz CT molecular complexity index is 961. The Morgan fingerprint density at radius 3 is 2.43 bits per heavy atom. The van der Waals surface area contributed by atoms with Crippen LogP contribution in [0.4, 0.5) is 0 Å². The van der Waals surface area contributed by atoms with Gasteiger partial charge in [-0.05, 0) is 140 Å². The van der Waals surface area contributed by atoms with E-state index in [-0.39, 0.29) is 22.9 Å². The van der Waals surface area contributed by atoms with Crippen molar-refractivity contribution in [2.24, 2.45) is 69.0 Å². The number of fused-ring (bicyclic) bond motifs is 7. The van der Waals surface area contributed by atoms with Crippen LogP contribution in [0.1, 0.15) is 119 Å². The molecule has 37 heavy (non-hydrogen) atoms. The molecular weight excluding hydrogens is 456 g/mol. The summed E-state index contributed by atoms with van der Waals surface area (Å²) in [6, 6.07) is 0. The fourth-order valence-electron chi connectivity index (χ4n) is 12.9. The third-order valence-corrected chi connectivity index (χ3v) is 14.6. The number of carboxylic acids is 1. The fourth-order valence-corrected chi connectivity index (χ4v) is 12.9. The second-order valence-corrected chi connectivity index (χ2v) is 16.4. The van der Waals surface area contributed by atoms with E-state index in [0.717, 1.165) is 43.4 Å². The van der Waals surface area contributed by atoms with Gasteiger partial charge in [0.1, 0.15) is 0 Å². The lowest BCUT2D eigenvalue weighted by molar-refractivity contribution is -0.150. The smallest absolute Gasteiger partial charge is 0.306 e. The highest BCUT2D eigenvalue weighted by Crippen LogP contribution is 2.70. The highest BCUT2D eigenvalue weighted by molar-refractivity contribution is 5.71. The van der Waals surface area contributed by atoms with Crippen molar-refractivity contribution in [1.82, 2.24) is 0 Å². The standard InChI is InChI=1S/C34H54O3/c1-20(17-25(30(36)37)29-31(2,3)22-11-14-32(29,4)19-22)26-9-10-27-24-8-7-21-18-23(35)12-15-33(21,5)28(24)13-16-34(26,27)6/h7,20,22-29,35H,8-19H2,1-6H3,(H,36,37)/t20?,22?,23-,24-,25?,26+,27-,28-,29?,32?,33-,34+/m0/s1. The van der Waals surface area contributed by atoms with Gasteiger partial charge in [-0.25, -0.2) is 0 Å². The second-order valence-electron chi connectivity index (χ2n) is 16.4. The summed E-state index contributed by atoms with van der Waals surface area (Å²) >= 11 is 0. The number of allylic oxidation sites excluding steroid dienone is 1. The summed E-state index contributed by atoms with van der Waals surface area (Å²) in [6.45, 7) is 14.7. The Balaban J connectivity index is 1.22. The van der Waals surface area contributed by atoms with Crippen molar-refractivity contribution in [3.05, 3.63) is 11.6 Å². The quantitative estimate of drug-likeness (QED) is 0.367. The van der Waals surface area contributed by atoms with Crippen LogP contribution >= 0.6 is 0 Å². The zero-order valence-corrected chi connectivity index (χ0v) is 24.6. The van der Waals surface area contributed by atoms with Crippen molar-refractivity contribution in [3.8, 4) is 0 Å². The minimum atomic E-state index is -0.528. The highest BCUT2D eigenvalue weighted by atomic mass is 16.4. The molecule has 208 valence electrons. The van der Waals surface area contributed by atoms with Crippen molar-refractivity contribution >= 4 is 5.97 Å². The molecule has 0 aliphatic heterocycles. The van der Waals surface area contributed by atoms with Gasteiger partial charge in [0.15, 0.2) is 0 Å². The van der Waals surface area contributed by atoms with Gasteiger partial charge >= 0.3 is 5.97 Å². The number of rotatable bonds is 5. The lowest BCUT2D eigenvalue weighted by Crippen LogP contribution is -2.51. The zero-order valence-electron chi connectivity index (χ0n) is 24.6. The average molecular weight is 511 g/mol. The minimum Gasteiger partial charge on any atom is -0.481 e. The molecule has 2 bridgehead atoms. The van der Waals surface area contributed by atoms with Crippen LogP contribution in [0.15, 0.2) is 11.6 Å². The van der Waals surface area contributed by atoms with E-state index in [1.165, 1.54) is 51.4 Å². The van der Waals surface area contributed by atoms with Crippen molar-refractivity contribution in [2.45, 2.75) is 125 Å². The number of aliphatic carboxylic acids is 1. The Morgan fingerprint density at radius 1 is 1.00 bits per heavy atom. The van der Waals surface area contributed by atoms with Gasteiger partial charge in [0.25, 0.3) is 0 Å². The maximum atomic E-state index is 12.9. The van der Waals surface area contributed by atoms with E-state index in [1.54, 1.807) is 5.57 Å². The van der Waals surface area contributed by atoms with E-state index in [1.807, 2.05) is 0 Å². The van der Waals surface area contributed by atoms with Crippen LogP contribution in [0.3, 0.4) is 0 Å². The molecule has 0 saturated heterocycles. The first-order valence-electron chi connectivity index (χ1n) is 15.9. The molecule has 5 saturated carbocycles. The van der Waals surface area contributed by atoms with E-state index in [0.29, 0.717) is 34.5 Å². The number of hydrogen-bond acceptors (Lipinski definition) is 2. The van der Waals surface area contributed by atoms with Crippen LogP contribution < -0.4 is 0 Å². The molecular formula is C34H54O3. The van der Waals surface area contributed by atoms with Crippen LogP contribution in [0.25, 0.3) is 0 Å². The SMILES string of the molecule is CC(CC(C(=O)O)C1C2(C)CCC(C2)C1(C)C)[C@H]1CC[C@H]2[C@@H]3CC=C4C[C@@H](O)CC[C@]4(C)[C@H]3CC[C@]12C. The van der Waals surface area contributed by atoms with E-state index in [2.05, 4.69) is 47.6 Å². The summed E-state index contributed by atoms with van der Waals surface area (Å²) in [5.74, 6) is 3.74. The number of aliphatic hydroxyl groups is 1. The summed E-state index contributed by atoms with van der Waals surface area (Å²) in [5, 5.41) is 20.9. The Labute approximate surface area is 226 Å². The van der Waals surface area contributed by atoms with Crippen molar-refractivity contribution in [2.75, 3.05) is 0 Å². The molecule has 0 amide bonds. The fraction of sp³-hybridized carbons (Fsp3) is 0.912. The maximum Gasteiger partial charge on any atom is 0.306 e. The normalized spacial score (nSPS) is 51.5. The maximum absolute atomic E-state index is 12.9. The first-order chi connectivity index (χ1) is 17.3. The molecule has 3 heteroatoms. The monoisotopic (exact) mass is 510 g/mol. The van der Waals surface area contributed by atoms with Gasteiger partial charge in [0, 0.05) is 0 Å². The van der Waals surface area contributed by atoms with Gasteiger partial charge in [-0.1, -0.05) is 53.2 Å². The Morgan fingerprint density at radius 2 is 1.76 bits per heavy atom. The summed E-state index contributed by atoms with van der Waals surface area (Å²) in [7, 11) is 0. The second kappa shape index (κ2) is 8.58. The number of carbonyl (C=O) groups is 1. The Hall–Kier alpha value is -0.830. The number of aliphatic hydroxyl groups excluding tert-OH is 1. The van der Waals surface area contributed by atoms with Crippen molar-refractivity contribution < 1.29 is 15.0 Å². The summed E-state index contributed by atoms with van der Waals surface area (Å²) < 4.78 is 0. The number of carboxylic acid groups (broad SMARTS) is 1. The molecule has 0 aromatic carbocycles. The topological polar surface area (TPSA) is 57.5 Å². The molecule has 0 spiro atoms. The van der Waals surface area contributed by atoms with Crippen molar-refractivity contribution in [1.29, 1.82) is 0 Å². The summed E-state index contributed by atoms with van der Waals surface area (Å²) in [5.41, 5.74) is 2.57. The van der Waals surface area contributed by atoms with Crippen LogP contribution in [0.5, 0.6) is 0 Å². The first-order valence-corrected chi connectivity index (χ1v) is 15.9. The van der Waals surface area contributed by atoms with E-state index < -0.39 is 5.97 Å². The van der Waals surface area contributed by atoms with Crippen LogP contribution in [0.2, 0.25) is 0 Å². The van der Waals surface area contributed by atoms with Crippen LogP contribution in [-0.4, -0.2) is 22.3 Å². The molecule has 2 N–H and O–H groups in total. The summed E-state index contributed by atoms with van der Waals surface area (Å²) in [4.78, 5) is 12.9. The van der Waals surface area contributed by atoms with Gasteiger partial charge in [0.2, 0.25) is 0 Å². The molecule has 5 fully saturated rings. The van der Waals surface area contributed by atoms with E-state index >= 15 is 0 Å². The molecule has 6 aliphatic carbocycles. The molecule has 5 unspecified atom stereocenters. The average Bonchev–Trinajstić information content (AvgIpc) is 3.44. The van der Waals surface area contributed by atoms with E-state index in [4.69, 9.17) is 0 Å².